The van der Waals surface area contributed by atoms with Crippen LogP contribution < -0.4 is 5.32 Å². The molecule has 1 heterocycles. The Morgan fingerprint density at radius 1 is 1.11 bits per heavy atom. The van der Waals surface area contributed by atoms with Gasteiger partial charge >= 0.3 is 0 Å². The Kier molecular flexibility index (Phi) is 5.38. The average Bonchev–Trinajstić information content (AvgIpc) is 2.73. The van der Waals surface area contributed by atoms with Gasteiger partial charge in [-0.25, -0.2) is 0 Å². The predicted molar refractivity (Wildman–Crippen MR) is 110 cm³/mol. The molecule has 3 nitrogen and oxygen atoms in total. The SMILES string of the molecule is CC(C(=O)NC1=CCCC=C1)C1CCC(c2ccnc3ccccc23)CC1. The number of nitrogens with zero attached hydrogens (tertiary/aromatic N) is 1. The van der Waals surface area contributed by atoms with E-state index in [1.54, 1.807) is 0 Å². The van der Waals surface area contributed by atoms with E-state index < -0.39 is 0 Å². The molecule has 1 amide bonds. The minimum atomic E-state index is 0.0661. The molecular formula is C24H28N2O. The van der Waals surface area contributed by atoms with E-state index in [1.807, 2.05) is 18.3 Å². The molecule has 1 atom stereocenters. The quantitative estimate of drug-likeness (QED) is 0.783. The number of amides is 1. The molecule has 1 fully saturated rings. The molecule has 1 unspecified atom stereocenters. The summed E-state index contributed by atoms with van der Waals surface area (Å²) in [4.78, 5) is 17.1. The van der Waals surface area contributed by atoms with Gasteiger partial charge in [0.05, 0.1) is 5.52 Å². The lowest BCUT2D eigenvalue weighted by Gasteiger charge is -2.32. The van der Waals surface area contributed by atoms with Gasteiger partial charge in [0.25, 0.3) is 0 Å². The second kappa shape index (κ2) is 8.08. The van der Waals surface area contributed by atoms with E-state index in [9.17, 15) is 4.79 Å². The van der Waals surface area contributed by atoms with Gasteiger partial charge in [-0.1, -0.05) is 37.3 Å². The zero-order valence-corrected chi connectivity index (χ0v) is 16.0. The summed E-state index contributed by atoms with van der Waals surface area (Å²) in [5.41, 5.74) is 3.47. The molecular weight excluding hydrogens is 332 g/mol. The van der Waals surface area contributed by atoms with Crippen molar-refractivity contribution in [1.82, 2.24) is 10.3 Å². The average molecular weight is 361 g/mol. The molecule has 4 rings (SSSR count). The predicted octanol–water partition coefficient (Wildman–Crippen LogP) is 5.49. The molecule has 3 heteroatoms. The highest BCUT2D eigenvalue weighted by Gasteiger charge is 2.30. The lowest BCUT2D eigenvalue weighted by Crippen LogP contribution is -2.34. The van der Waals surface area contributed by atoms with Crippen LogP contribution in [0.15, 0.2) is 60.5 Å². The minimum absolute atomic E-state index is 0.0661. The Balaban J connectivity index is 1.39. The van der Waals surface area contributed by atoms with Crippen molar-refractivity contribution in [3.8, 4) is 0 Å². The maximum absolute atomic E-state index is 12.6. The minimum Gasteiger partial charge on any atom is -0.326 e. The third-order valence-corrected chi connectivity index (χ3v) is 6.28. The number of aromatic nitrogens is 1. The van der Waals surface area contributed by atoms with E-state index >= 15 is 0 Å². The van der Waals surface area contributed by atoms with E-state index in [4.69, 9.17) is 0 Å². The zero-order chi connectivity index (χ0) is 18.6. The first kappa shape index (κ1) is 18.0. The summed E-state index contributed by atoms with van der Waals surface area (Å²) in [6, 6.07) is 10.6. The summed E-state index contributed by atoms with van der Waals surface area (Å²) in [6.07, 6.45) is 14.8. The van der Waals surface area contributed by atoms with Crippen LogP contribution >= 0.6 is 0 Å². The fourth-order valence-electron chi connectivity index (χ4n) is 4.58. The van der Waals surface area contributed by atoms with Crippen molar-refractivity contribution in [1.29, 1.82) is 0 Å². The van der Waals surface area contributed by atoms with Crippen LogP contribution in [0.3, 0.4) is 0 Å². The molecule has 27 heavy (non-hydrogen) atoms. The van der Waals surface area contributed by atoms with E-state index in [2.05, 4.69) is 53.6 Å². The largest absolute Gasteiger partial charge is 0.326 e. The molecule has 1 aromatic heterocycles. The summed E-state index contributed by atoms with van der Waals surface area (Å²) in [5.74, 6) is 1.29. The van der Waals surface area contributed by atoms with E-state index in [0.717, 1.165) is 49.7 Å². The molecule has 1 N–H and O–H groups in total. The van der Waals surface area contributed by atoms with Gasteiger partial charge in [-0.2, -0.15) is 0 Å². The molecule has 2 aliphatic rings. The standard InChI is InChI=1S/C24H28N2O/c1-17(24(27)26-20-7-3-2-4-8-20)18-11-13-19(14-12-18)21-15-16-25-23-10-6-5-9-22(21)23/h3,5-10,15-19H,2,4,11-14H2,1H3,(H,26,27). The van der Waals surface area contributed by atoms with Crippen LogP contribution in [0.2, 0.25) is 0 Å². The van der Waals surface area contributed by atoms with Crippen LogP contribution in [-0.2, 0) is 4.79 Å². The molecule has 0 bridgehead atoms. The van der Waals surface area contributed by atoms with Gasteiger partial charge in [0.2, 0.25) is 5.91 Å². The van der Waals surface area contributed by atoms with Gasteiger partial charge in [-0.3, -0.25) is 9.78 Å². The van der Waals surface area contributed by atoms with Crippen LogP contribution in [0, 0.1) is 11.8 Å². The molecule has 1 aromatic carbocycles. The maximum atomic E-state index is 12.6. The highest BCUT2D eigenvalue weighted by atomic mass is 16.1. The van der Waals surface area contributed by atoms with Gasteiger partial charge in [-0.15, -0.1) is 0 Å². The third-order valence-electron chi connectivity index (χ3n) is 6.28. The second-order valence-electron chi connectivity index (χ2n) is 7.95. The first-order valence-electron chi connectivity index (χ1n) is 10.2. The zero-order valence-electron chi connectivity index (χ0n) is 16.0. The van der Waals surface area contributed by atoms with Crippen molar-refractivity contribution in [2.45, 2.75) is 51.4 Å². The smallest absolute Gasteiger partial charge is 0.227 e. The number of hydrogen-bond acceptors (Lipinski definition) is 2. The summed E-state index contributed by atoms with van der Waals surface area (Å²) < 4.78 is 0. The first-order valence-corrected chi connectivity index (χ1v) is 10.2. The number of para-hydroxylation sites is 1. The maximum Gasteiger partial charge on any atom is 0.227 e. The van der Waals surface area contributed by atoms with Gasteiger partial charge in [0, 0.05) is 23.2 Å². The van der Waals surface area contributed by atoms with Crippen molar-refractivity contribution in [2.75, 3.05) is 0 Å². The lowest BCUT2D eigenvalue weighted by molar-refractivity contribution is -0.125. The number of nitrogens with one attached hydrogen (secondary N) is 1. The monoisotopic (exact) mass is 360 g/mol. The van der Waals surface area contributed by atoms with Crippen molar-refractivity contribution in [3.63, 3.8) is 0 Å². The third kappa shape index (κ3) is 3.97. The van der Waals surface area contributed by atoms with Crippen molar-refractivity contribution >= 4 is 16.8 Å². The Morgan fingerprint density at radius 3 is 2.70 bits per heavy atom. The summed E-state index contributed by atoms with van der Waals surface area (Å²) in [6.45, 7) is 2.09. The fraction of sp³-hybridized carbons (Fsp3) is 0.417. The molecule has 0 aliphatic heterocycles. The van der Waals surface area contributed by atoms with Crippen LogP contribution in [0.25, 0.3) is 10.9 Å². The van der Waals surface area contributed by atoms with Gasteiger partial charge in [0.1, 0.15) is 0 Å². The fourth-order valence-corrected chi connectivity index (χ4v) is 4.58. The molecule has 2 aliphatic carbocycles. The summed E-state index contributed by atoms with van der Waals surface area (Å²) in [7, 11) is 0. The Labute approximate surface area is 161 Å². The Hall–Kier alpha value is -2.42. The van der Waals surface area contributed by atoms with Gasteiger partial charge in [0.15, 0.2) is 0 Å². The van der Waals surface area contributed by atoms with Crippen LogP contribution in [0.5, 0.6) is 0 Å². The number of carbonyl (C=O) groups excluding carboxylic acids is 1. The van der Waals surface area contributed by atoms with E-state index in [-0.39, 0.29) is 11.8 Å². The number of hydrogen-bond donors (Lipinski definition) is 1. The van der Waals surface area contributed by atoms with Crippen LogP contribution in [-0.4, -0.2) is 10.9 Å². The molecule has 0 saturated heterocycles. The summed E-state index contributed by atoms with van der Waals surface area (Å²) >= 11 is 0. The first-order chi connectivity index (χ1) is 13.2. The van der Waals surface area contributed by atoms with Crippen LogP contribution in [0.1, 0.15) is 56.9 Å². The van der Waals surface area contributed by atoms with Crippen molar-refractivity contribution in [3.05, 3.63) is 66.0 Å². The number of allylic oxidation sites excluding steroid dienone is 3. The molecule has 1 saturated carbocycles. The second-order valence-corrected chi connectivity index (χ2v) is 7.95. The molecule has 0 radical (unpaired) electrons. The van der Waals surface area contributed by atoms with Gasteiger partial charge in [-0.05, 0) is 74.1 Å². The highest BCUT2D eigenvalue weighted by Crippen LogP contribution is 2.40. The lowest BCUT2D eigenvalue weighted by atomic mass is 9.73. The number of rotatable bonds is 4. The summed E-state index contributed by atoms with van der Waals surface area (Å²) in [5, 5.41) is 4.39. The van der Waals surface area contributed by atoms with Crippen molar-refractivity contribution in [2.24, 2.45) is 11.8 Å². The number of pyridine rings is 1. The molecule has 2 aromatic rings. The van der Waals surface area contributed by atoms with Crippen LogP contribution in [0.4, 0.5) is 0 Å². The Morgan fingerprint density at radius 2 is 1.93 bits per heavy atom. The Bertz CT molecular complexity index is 870. The molecule has 140 valence electrons. The number of fused-ring (bicyclic) bond motifs is 1. The number of carbonyl (C=O) groups is 1. The van der Waals surface area contributed by atoms with Gasteiger partial charge < -0.3 is 5.32 Å². The highest BCUT2D eigenvalue weighted by molar-refractivity contribution is 5.82. The van der Waals surface area contributed by atoms with E-state index in [1.165, 1.54) is 10.9 Å². The number of benzene rings is 1. The normalized spacial score (nSPS) is 23.7. The van der Waals surface area contributed by atoms with Crippen molar-refractivity contribution < 1.29 is 4.79 Å². The van der Waals surface area contributed by atoms with E-state index in [0.29, 0.717) is 11.8 Å². The molecule has 0 spiro atoms. The topological polar surface area (TPSA) is 42.0 Å².